The summed E-state index contributed by atoms with van der Waals surface area (Å²) in [6.07, 6.45) is 8.32. The van der Waals surface area contributed by atoms with Gasteiger partial charge in [0.2, 0.25) is 5.79 Å². The van der Waals surface area contributed by atoms with E-state index in [-0.39, 0.29) is 17.7 Å². The first-order chi connectivity index (χ1) is 14.4. The summed E-state index contributed by atoms with van der Waals surface area (Å²) in [5.41, 5.74) is -0.326. The minimum atomic E-state index is -0.699. The van der Waals surface area contributed by atoms with E-state index in [1.807, 2.05) is 18.7 Å². The molecule has 4 heterocycles. The Balaban J connectivity index is 1.33. The molecule has 0 unspecified atom stereocenters. The van der Waals surface area contributed by atoms with Gasteiger partial charge in [-0.25, -0.2) is 9.78 Å². The molecule has 5 rings (SSSR count). The zero-order valence-corrected chi connectivity index (χ0v) is 19.7. The maximum atomic E-state index is 10.8. The monoisotopic (exact) mass is 442 g/mol. The van der Waals surface area contributed by atoms with Crippen molar-refractivity contribution in [2.75, 3.05) is 12.4 Å². The third kappa shape index (κ3) is 4.29. The van der Waals surface area contributed by atoms with Crippen LogP contribution in [-0.2, 0) is 28.8 Å². The molecule has 0 amide bonds. The van der Waals surface area contributed by atoms with Crippen LogP contribution >= 0.6 is 11.8 Å². The molecule has 1 spiro atoms. The number of ether oxygens (including phenoxy) is 3. The standard InChI is InChI=1S/C23H38O6S/c1-15-9-10-19-16(2)20(30-14-8-6-5-7-13-25-17(3)24)26-21-23(19)18(15)11-12-22(4,27-21)28-29-23/h15-16,18-21H,5-14H2,1-4H3/t15-,16-,18+,19+,20+,21-,22+,23-/m1/s1. The van der Waals surface area contributed by atoms with Crippen molar-refractivity contribution in [2.24, 2.45) is 23.7 Å². The zero-order valence-electron chi connectivity index (χ0n) is 18.9. The van der Waals surface area contributed by atoms with Gasteiger partial charge in [-0.1, -0.05) is 26.7 Å². The van der Waals surface area contributed by atoms with Crippen molar-refractivity contribution in [1.29, 1.82) is 0 Å². The summed E-state index contributed by atoms with van der Waals surface area (Å²) in [5, 5.41) is 0. The van der Waals surface area contributed by atoms with Crippen molar-refractivity contribution in [1.82, 2.24) is 0 Å². The normalized spacial score (nSPS) is 44.9. The fourth-order valence-electron chi connectivity index (χ4n) is 6.04. The third-order valence-electron chi connectivity index (χ3n) is 7.72. The Bertz CT molecular complexity index is 617. The van der Waals surface area contributed by atoms with Crippen LogP contribution in [0.3, 0.4) is 0 Å². The Morgan fingerprint density at radius 1 is 1.07 bits per heavy atom. The van der Waals surface area contributed by atoms with Gasteiger partial charge < -0.3 is 14.2 Å². The smallest absolute Gasteiger partial charge is 0.302 e. The van der Waals surface area contributed by atoms with Crippen LogP contribution < -0.4 is 0 Å². The highest BCUT2D eigenvalue weighted by Gasteiger charge is 2.69. The first kappa shape index (κ1) is 22.8. The second kappa shape index (κ2) is 9.26. The van der Waals surface area contributed by atoms with E-state index in [4.69, 9.17) is 24.0 Å². The number of thioether (sulfide) groups is 1. The average molecular weight is 443 g/mol. The lowest BCUT2D eigenvalue weighted by atomic mass is 9.58. The molecule has 6 nitrogen and oxygen atoms in total. The van der Waals surface area contributed by atoms with E-state index >= 15 is 0 Å². The molecule has 5 fully saturated rings. The van der Waals surface area contributed by atoms with Gasteiger partial charge in [-0.3, -0.25) is 4.79 Å². The number of hydrogen-bond donors (Lipinski definition) is 0. The van der Waals surface area contributed by atoms with Crippen molar-refractivity contribution in [3.8, 4) is 0 Å². The van der Waals surface area contributed by atoms with Crippen molar-refractivity contribution in [2.45, 2.75) is 102 Å². The lowest BCUT2D eigenvalue weighted by Crippen LogP contribution is -2.70. The van der Waals surface area contributed by atoms with Gasteiger partial charge in [-0.2, -0.15) is 0 Å². The molecule has 0 aromatic carbocycles. The Kier molecular flexibility index (Phi) is 7.05. The van der Waals surface area contributed by atoms with E-state index in [2.05, 4.69) is 13.8 Å². The molecule has 4 aliphatic heterocycles. The van der Waals surface area contributed by atoms with E-state index in [9.17, 15) is 4.79 Å². The van der Waals surface area contributed by atoms with Gasteiger partial charge in [0.15, 0.2) is 11.9 Å². The quantitative estimate of drug-likeness (QED) is 0.296. The summed E-state index contributed by atoms with van der Waals surface area (Å²) < 4.78 is 18.0. The molecule has 7 heteroatoms. The number of esters is 1. The topological polar surface area (TPSA) is 63.2 Å². The molecule has 1 aliphatic carbocycles. The van der Waals surface area contributed by atoms with Crippen LogP contribution in [0, 0.1) is 23.7 Å². The van der Waals surface area contributed by atoms with Crippen molar-refractivity contribution in [3.63, 3.8) is 0 Å². The highest BCUT2D eigenvalue weighted by atomic mass is 32.2. The summed E-state index contributed by atoms with van der Waals surface area (Å²) in [7, 11) is 0. The molecule has 4 saturated heterocycles. The molecule has 0 aromatic heterocycles. The highest BCUT2D eigenvalue weighted by molar-refractivity contribution is 7.99. The molecular weight excluding hydrogens is 404 g/mol. The first-order valence-corrected chi connectivity index (χ1v) is 12.9. The fourth-order valence-corrected chi connectivity index (χ4v) is 7.31. The van der Waals surface area contributed by atoms with Crippen LogP contribution in [0.4, 0.5) is 0 Å². The van der Waals surface area contributed by atoms with Gasteiger partial charge in [0, 0.05) is 19.3 Å². The Morgan fingerprint density at radius 2 is 1.87 bits per heavy atom. The van der Waals surface area contributed by atoms with E-state index in [1.54, 1.807) is 0 Å². The summed E-state index contributed by atoms with van der Waals surface area (Å²) in [4.78, 5) is 22.9. The van der Waals surface area contributed by atoms with Crippen molar-refractivity contribution < 1.29 is 28.8 Å². The largest absolute Gasteiger partial charge is 0.466 e. The third-order valence-corrected chi connectivity index (χ3v) is 9.12. The minimum Gasteiger partial charge on any atom is -0.466 e. The number of carbonyl (C=O) groups is 1. The van der Waals surface area contributed by atoms with E-state index < -0.39 is 11.4 Å². The van der Waals surface area contributed by atoms with Gasteiger partial charge >= 0.3 is 5.97 Å². The van der Waals surface area contributed by atoms with Crippen LogP contribution in [-0.4, -0.2) is 41.4 Å². The summed E-state index contributed by atoms with van der Waals surface area (Å²) in [6, 6.07) is 0. The average Bonchev–Trinajstić information content (AvgIpc) is 2.93. The second-order valence-corrected chi connectivity index (χ2v) is 11.1. The predicted octanol–water partition coefficient (Wildman–Crippen LogP) is 5.05. The summed E-state index contributed by atoms with van der Waals surface area (Å²) in [6.45, 7) is 8.65. The fraction of sp³-hybridized carbons (Fsp3) is 0.957. The minimum absolute atomic E-state index is 0.132. The SMILES string of the molecule is CC(=O)OCCCCCCS[C@@H]1O[C@@H]2O[C@]3(C)CC[C@H]4[C@H](C)CC[C@@H]([C@H]1C)[C@@]24OO3. The number of fused-ring (bicyclic) bond motifs is 2. The maximum absolute atomic E-state index is 10.8. The summed E-state index contributed by atoms with van der Waals surface area (Å²) >= 11 is 1.92. The van der Waals surface area contributed by atoms with Crippen LogP contribution in [0.25, 0.3) is 0 Å². The molecule has 0 N–H and O–H groups in total. The highest BCUT2D eigenvalue weighted by Crippen LogP contribution is 2.61. The molecule has 30 heavy (non-hydrogen) atoms. The number of carbonyl (C=O) groups excluding carboxylic acids is 1. The van der Waals surface area contributed by atoms with E-state index in [0.717, 1.165) is 50.7 Å². The Hall–Kier alpha value is -0.340. The lowest BCUT2D eigenvalue weighted by Gasteiger charge is -2.60. The first-order valence-electron chi connectivity index (χ1n) is 11.8. The number of hydrogen-bond acceptors (Lipinski definition) is 7. The zero-order chi connectivity index (χ0) is 21.4. The molecular formula is C23H38O6S. The molecule has 172 valence electrons. The van der Waals surface area contributed by atoms with E-state index in [0.29, 0.717) is 30.3 Å². The molecule has 0 radical (unpaired) electrons. The molecule has 5 aliphatic rings. The lowest BCUT2D eigenvalue weighted by molar-refractivity contribution is -0.568. The summed E-state index contributed by atoms with van der Waals surface area (Å²) in [5.74, 6) is 2.02. The Morgan fingerprint density at radius 3 is 2.67 bits per heavy atom. The van der Waals surface area contributed by atoms with Crippen molar-refractivity contribution >= 4 is 17.7 Å². The van der Waals surface area contributed by atoms with Gasteiger partial charge in [0.1, 0.15) is 5.44 Å². The van der Waals surface area contributed by atoms with E-state index in [1.165, 1.54) is 13.3 Å². The number of unbranched alkanes of at least 4 members (excludes halogenated alkanes) is 3. The van der Waals surface area contributed by atoms with Gasteiger partial charge in [-0.05, 0) is 62.5 Å². The van der Waals surface area contributed by atoms with Crippen LogP contribution in [0.1, 0.15) is 79.1 Å². The molecule has 1 saturated carbocycles. The predicted molar refractivity (Wildman–Crippen MR) is 114 cm³/mol. The van der Waals surface area contributed by atoms with Crippen LogP contribution in [0.5, 0.6) is 0 Å². The number of rotatable bonds is 8. The Labute approximate surface area is 185 Å². The van der Waals surface area contributed by atoms with Gasteiger partial charge in [0.25, 0.3) is 0 Å². The molecule has 8 atom stereocenters. The second-order valence-electron chi connectivity index (χ2n) is 9.90. The molecule has 2 bridgehead atoms. The van der Waals surface area contributed by atoms with Crippen LogP contribution in [0.2, 0.25) is 0 Å². The maximum Gasteiger partial charge on any atom is 0.302 e. The van der Waals surface area contributed by atoms with Gasteiger partial charge in [-0.15, -0.1) is 11.8 Å². The van der Waals surface area contributed by atoms with Crippen LogP contribution in [0.15, 0.2) is 0 Å². The molecule has 0 aromatic rings. The van der Waals surface area contributed by atoms with Crippen molar-refractivity contribution in [3.05, 3.63) is 0 Å². The van der Waals surface area contributed by atoms with Gasteiger partial charge in [0.05, 0.1) is 6.61 Å².